The molecule has 6 aromatic carbocycles. The molecule has 0 aliphatic carbocycles. The number of pyridine rings is 1. The number of benzene rings is 6. The van der Waals surface area contributed by atoms with E-state index in [0.29, 0.717) is 5.82 Å². The maximum Gasteiger partial charge on any atom is 0.160 e. The Labute approximate surface area is 284 Å². The number of nitrogens with zero attached hydrogens (tertiary/aromatic N) is 3. The molecule has 0 aliphatic heterocycles. The molecule has 4 nitrogen and oxygen atoms in total. The molecule has 3 aromatic heterocycles. The normalized spacial score (nSPS) is 11.3. The molecule has 0 unspecified atom stereocenters. The van der Waals surface area contributed by atoms with Gasteiger partial charge in [-0.25, -0.2) is 9.97 Å². The summed E-state index contributed by atoms with van der Waals surface area (Å²) in [6, 6.07) is 56.9. The van der Waals surface area contributed by atoms with E-state index in [1.54, 1.807) is 12.4 Å². The molecule has 0 atom stereocenters. The van der Waals surface area contributed by atoms with E-state index in [2.05, 4.69) is 126 Å². The molecule has 0 spiro atoms. The predicted octanol–water partition coefficient (Wildman–Crippen LogP) is 11.8. The molecule has 3 heterocycles. The van der Waals surface area contributed by atoms with Crippen molar-refractivity contribution in [1.82, 2.24) is 15.0 Å². The maximum atomic E-state index is 6.17. The summed E-state index contributed by atoms with van der Waals surface area (Å²) in [5.74, 6) is 0.675. The zero-order valence-corrected chi connectivity index (χ0v) is 26.5. The quantitative estimate of drug-likeness (QED) is 0.184. The van der Waals surface area contributed by atoms with E-state index in [1.807, 2.05) is 42.5 Å². The van der Waals surface area contributed by atoms with Crippen molar-refractivity contribution >= 4 is 21.9 Å². The Morgan fingerprint density at radius 2 is 0.878 bits per heavy atom. The Bertz CT molecular complexity index is 2540. The second kappa shape index (κ2) is 12.2. The van der Waals surface area contributed by atoms with E-state index in [9.17, 15) is 0 Å². The molecule has 0 saturated carbocycles. The Kier molecular flexibility index (Phi) is 7.10. The van der Waals surface area contributed by atoms with Gasteiger partial charge in [-0.2, -0.15) is 0 Å². The van der Waals surface area contributed by atoms with Crippen LogP contribution in [0.1, 0.15) is 0 Å². The smallest absolute Gasteiger partial charge is 0.160 e. The standard InChI is InChI=1S/C45H29N3O/c1-3-10-30(11-4-1)33-14-9-15-34(24-33)36-25-37(35-18-19-44-40(28-35)39-16-7-8-17-43(39)49-44)27-38(26-36)42-29-41(31-20-22-46-23-21-31)47-45(48-42)32-12-5-2-6-13-32/h1-29H. The highest BCUT2D eigenvalue weighted by Crippen LogP contribution is 2.38. The number of para-hydroxylation sites is 1. The fraction of sp³-hybridized carbons (Fsp3) is 0. The average Bonchev–Trinajstić information content (AvgIpc) is 3.57. The Morgan fingerprint density at radius 1 is 0.327 bits per heavy atom. The lowest BCUT2D eigenvalue weighted by atomic mass is 9.92. The van der Waals surface area contributed by atoms with Gasteiger partial charge in [0.2, 0.25) is 0 Å². The van der Waals surface area contributed by atoms with Gasteiger partial charge in [-0.1, -0.05) is 103 Å². The van der Waals surface area contributed by atoms with E-state index in [0.717, 1.165) is 72.3 Å². The molecule has 0 fully saturated rings. The minimum atomic E-state index is 0.675. The third-order valence-electron chi connectivity index (χ3n) is 8.98. The van der Waals surface area contributed by atoms with Gasteiger partial charge in [0.1, 0.15) is 11.2 Å². The molecular weight excluding hydrogens is 599 g/mol. The summed E-state index contributed by atoms with van der Waals surface area (Å²) in [7, 11) is 0. The highest BCUT2D eigenvalue weighted by molar-refractivity contribution is 6.06. The largest absolute Gasteiger partial charge is 0.456 e. The number of aromatic nitrogens is 3. The van der Waals surface area contributed by atoms with Gasteiger partial charge in [0.25, 0.3) is 0 Å². The van der Waals surface area contributed by atoms with Gasteiger partial charge in [0.05, 0.1) is 11.4 Å². The number of hydrogen-bond acceptors (Lipinski definition) is 4. The summed E-state index contributed by atoms with van der Waals surface area (Å²) >= 11 is 0. The molecule has 9 aromatic rings. The van der Waals surface area contributed by atoms with Gasteiger partial charge in [-0.05, 0) is 94.0 Å². The Morgan fingerprint density at radius 3 is 1.63 bits per heavy atom. The van der Waals surface area contributed by atoms with E-state index >= 15 is 0 Å². The van der Waals surface area contributed by atoms with Crippen molar-refractivity contribution in [2.45, 2.75) is 0 Å². The first-order chi connectivity index (χ1) is 24.2. The average molecular weight is 628 g/mol. The number of hydrogen-bond donors (Lipinski definition) is 0. The van der Waals surface area contributed by atoms with Crippen LogP contribution in [0.25, 0.3) is 89.2 Å². The maximum absolute atomic E-state index is 6.17. The number of fused-ring (bicyclic) bond motifs is 3. The first-order valence-corrected chi connectivity index (χ1v) is 16.3. The third-order valence-corrected chi connectivity index (χ3v) is 8.98. The van der Waals surface area contributed by atoms with Crippen LogP contribution in [0.3, 0.4) is 0 Å². The molecular formula is C45H29N3O. The van der Waals surface area contributed by atoms with Crippen LogP contribution in [-0.4, -0.2) is 15.0 Å². The zero-order valence-electron chi connectivity index (χ0n) is 26.5. The number of furan rings is 1. The van der Waals surface area contributed by atoms with Crippen molar-refractivity contribution in [2.75, 3.05) is 0 Å². The number of rotatable bonds is 6. The van der Waals surface area contributed by atoms with Gasteiger partial charge in [0, 0.05) is 39.9 Å². The SMILES string of the molecule is c1ccc(-c2cccc(-c3cc(-c4ccc5oc6ccccc6c5c4)cc(-c4cc(-c5ccncc5)nc(-c5ccccc5)n4)c3)c2)cc1. The van der Waals surface area contributed by atoms with Gasteiger partial charge < -0.3 is 4.42 Å². The van der Waals surface area contributed by atoms with Crippen molar-refractivity contribution < 1.29 is 4.42 Å². The van der Waals surface area contributed by atoms with Gasteiger partial charge >= 0.3 is 0 Å². The van der Waals surface area contributed by atoms with Crippen LogP contribution in [0.5, 0.6) is 0 Å². The second-order valence-corrected chi connectivity index (χ2v) is 12.1. The molecule has 0 N–H and O–H groups in total. The monoisotopic (exact) mass is 627 g/mol. The molecule has 0 saturated heterocycles. The summed E-state index contributed by atoms with van der Waals surface area (Å²) in [5.41, 5.74) is 13.2. The minimum absolute atomic E-state index is 0.675. The highest BCUT2D eigenvalue weighted by atomic mass is 16.3. The van der Waals surface area contributed by atoms with Crippen LogP contribution in [0.2, 0.25) is 0 Å². The first-order valence-electron chi connectivity index (χ1n) is 16.3. The van der Waals surface area contributed by atoms with Gasteiger partial charge in [-0.15, -0.1) is 0 Å². The Balaban J connectivity index is 1.27. The summed E-state index contributed by atoms with van der Waals surface area (Å²) in [6.07, 6.45) is 3.60. The van der Waals surface area contributed by atoms with Crippen LogP contribution < -0.4 is 0 Å². The lowest BCUT2D eigenvalue weighted by molar-refractivity contribution is 0.669. The van der Waals surface area contributed by atoms with Crippen molar-refractivity contribution in [1.29, 1.82) is 0 Å². The zero-order chi connectivity index (χ0) is 32.6. The van der Waals surface area contributed by atoms with Crippen molar-refractivity contribution in [3.63, 3.8) is 0 Å². The second-order valence-electron chi connectivity index (χ2n) is 12.1. The van der Waals surface area contributed by atoms with Crippen molar-refractivity contribution in [3.05, 3.63) is 176 Å². The molecule has 0 amide bonds. The molecule has 49 heavy (non-hydrogen) atoms. The van der Waals surface area contributed by atoms with Gasteiger partial charge in [-0.3, -0.25) is 4.98 Å². The van der Waals surface area contributed by atoms with Crippen LogP contribution in [-0.2, 0) is 0 Å². The first kappa shape index (κ1) is 28.6. The minimum Gasteiger partial charge on any atom is -0.456 e. The molecule has 0 radical (unpaired) electrons. The predicted molar refractivity (Wildman–Crippen MR) is 200 cm³/mol. The van der Waals surface area contributed by atoms with Crippen LogP contribution >= 0.6 is 0 Å². The molecule has 230 valence electrons. The molecule has 0 bridgehead atoms. The van der Waals surface area contributed by atoms with Crippen molar-refractivity contribution in [3.8, 4) is 67.3 Å². The summed E-state index contributed by atoms with van der Waals surface area (Å²) in [6.45, 7) is 0. The molecule has 4 heteroatoms. The molecule has 0 aliphatic rings. The summed E-state index contributed by atoms with van der Waals surface area (Å²) in [5, 5.41) is 2.20. The summed E-state index contributed by atoms with van der Waals surface area (Å²) in [4.78, 5) is 14.4. The van der Waals surface area contributed by atoms with E-state index in [4.69, 9.17) is 14.4 Å². The fourth-order valence-electron chi connectivity index (χ4n) is 6.51. The van der Waals surface area contributed by atoms with Crippen LogP contribution in [0, 0.1) is 0 Å². The van der Waals surface area contributed by atoms with E-state index in [1.165, 1.54) is 11.1 Å². The van der Waals surface area contributed by atoms with Crippen LogP contribution in [0.15, 0.2) is 181 Å². The highest BCUT2D eigenvalue weighted by Gasteiger charge is 2.15. The van der Waals surface area contributed by atoms with Crippen molar-refractivity contribution in [2.24, 2.45) is 0 Å². The summed E-state index contributed by atoms with van der Waals surface area (Å²) < 4.78 is 6.17. The fourth-order valence-corrected chi connectivity index (χ4v) is 6.51. The Hall–Kier alpha value is -6.65. The topological polar surface area (TPSA) is 51.8 Å². The van der Waals surface area contributed by atoms with E-state index in [-0.39, 0.29) is 0 Å². The van der Waals surface area contributed by atoms with E-state index < -0.39 is 0 Å². The van der Waals surface area contributed by atoms with Gasteiger partial charge in [0.15, 0.2) is 5.82 Å². The third kappa shape index (κ3) is 5.56. The lowest BCUT2D eigenvalue weighted by Crippen LogP contribution is -1.96. The lowest BCUT2D eigenvalue weighted by Gasteiger charge is -2.14. The van der Waals surface area contributed by atoms with Crippen LogP contribution in [0.4, 0.5) is 0 Å². The molecule has 9 rings (SSSR count).